The number of nitrogens with two attached hydrogens (primary N) is 2. The first-order valence-corrected chi connectivity index (χ1v) is 5.56. The van der Waals surface area contributed by atoms with Gasteiger partial charge in [0, 0.05) is 12.1 Å². The fourth-order valence-corrected chi connectivity index (χ4v) is 1.14. The summed E-state index contributed by atoms with van der Waals surface area (Å²) >= 11 is 0. The van der Waals surface area contributed by atoms with E-state index in [2.05, 4.69) is 10.3 Å². The molecule has 5 nitrogen and oxygen atoms in total. The maximum Gasteiger partial charge on any atom is 0.188 e. The Morgan fingerprint density at radius 2 is 2.00 bits per heavy atom. The van der Waals surface area contributed by atoms with Crippen LogP contribution in [-0.2, 0) is 4.79 Å². The Morgan fingerprint density at radius 3 is 2.44 bits per heavy atom. The Hall–Kier alpha value is -1.10. The Balaban J connectivity index is 3.80. The number of hydrogen-bond donors (Lipinski definition) is 3. The zero-order valence-corrected chi connectivity index (χ0v) is 10.7. The Kier molecular flexibility index (Phi) is 6.03. The summed E-state index contributed by atoms with van der Waals surface area (Å²) < 4.78 is 0. The molecular formula is C11H24N4O. The van der Waals surface area contributed by atoms with Gasteiger partial charge in [-0.25, -0.2) is 0 Å². The van der Waals surface area contributed by atoms with Gasteiger partial charge >= 0.3 is 0 Å². The van der Waals surface area contributed by atoms with Gasteiger partial charge in [0.25, 0.3) is 0 Å². The van der Waals surface area contributed by atoms with Crippen LogP contribution >= 0.6 is 0 Å². The number of carbonyl (C=O) groups excluding carboxylic acids is 1. The van der Waals surface area contributed by atoms with Crippen LogP contribution in [0, 0.1) is 0 Å². The monoisotopic (exact) mass is 228 g/mol. The number of hydrogen-bond acceptors (Lipinski definition) is 3. The van der Waals surface area contributed by atoms with E-state index < -0.39 is 0 Å². The quantitative estimate of drug-likeness (QED) is 0.360. The van der Waals surface area contributed by atoms with Crippen molar-refractivity contribution in [2.45, 2.75) is 52.1 Å². The molecule has 0 heterocycles. The van der Waals surface area contributed by atoms with Crippen LogP contribution < -0.4 is 16.8 Å². The molecule has 0 amide bonds. The van der Waals surface area contributed by atoms with Gasteiger partial charge in [-0.1, -0.05) is 0 Å². The third-order valence-electron chi connectivity index (χ3n) is 1.98. The second kappa shape index (κ2) is 6.48. The highest BCUT2D eigenvalue weighted by molar-refractivity contribution is 5.81. The summed E-state index contributed by atoms with van der Waals surface area (Å²) in [7, 11) is 0. The first-order chi connectivity index (χ1) is 7.22. The van der Waals surface area contributed by atoms with Crippen molar-refractivity contribution in [2.24, 2.45) is 16.5 Å². The molecular weight excluding hydrogens is 204 g/mol. The molecule has 94 valence electrons. The number of carbonyl (C=O) groups is 1. The zero-order valence-electron chi connectivity index (χ0n) is 10.7. The van der Waals surface area contributed by atoms with Crippen molar-refractivity contribution in [2.75, 3.05) is 6.54 Å². The highest BCUT2D eigenvalue weighted by atomic mass is 16.1. The van der Waals surface area contributed by atoms with Crippen molar-refractivity contribution in [3.63, 3.8) is 0 Å². The van der Waals surface area contributed by atoms with Crippen LogP contribution in [0.25, 0.3) is 0 Å². The lowest BCUT2D eigenvalue weighted by atomic mass is 10.1. The molecule has 1 atom stereocenters. The van der Waals surface area contributed by atoms with Gasteiger partial charge in [-0.3, -0.25) is 9.79 Å². The first kappa shape index (κ1) is 14.9. The van der Waals surface area contributed by atoms with Crippen molar-refractivity contribution < 1.29 is 4.79 Å². The van der Waals surface area contributed by atoms with Gasteiger partial charge in [0.1, 0.15) is 5.78 Å². The van der Waals surface area contributed by atoms with Gasteiger partial charge in [-0.05, 0) is 40.5 Å². The normalized spacial score (nSPS) is 14.7. The summed E-state index contributed by atoms with van der Waals surface area (Å²) in [5, 5.41) is 3.06. The molecule has 0 spiro atoms. The average Bonchev–Trinajstić information content (AvgIpc) is 2.08. The second-order valence-corrected chi connectivity index (χ2v) is 5.00. The summed E-state index contributed by atoms with van der Waals surface area (Å²) in [6.45, 7) is 8.14. The van der Waals surface area contributed by atoms with E-state index in [9.17, 15) is 4.79 Å². The molecule has 0 bridgehead atoms. The lowest BCUT2D eigenvalue weighted by Gasteiger charge is -2.21. The lowest BCUT2D eigenvalue weighted by Crippen LogP contribution is -2.45. The van der Waals surface area contributed by atoms with Gasteiger partial charge in [0.2, 0.25) is 0 Å². The fraction of sp³-hybridized carbons (Fsp3) is 0.818. The van der Waals surface area contributed by atoms with Gasteiger partial charge in [0.05, 0.1) is 6.04 Å². The molecule has 0 aromatic carbocycles. The highest BCUT2D eigenvalue weighted by Crippen LogP contribution is 1.98. The predicted octanol–water partition coefficient (Wildman–Crippen LogP) is 0.386. The first-order valence-electron chi connectivity index (χ1n) is 5.56. The van der Waals surface area contributed by atoms with Gasteiger partial charge in [-0.2, -0.15) is 0 Å². The number of rotatable bonds is 5. The molecule has 5 heteroatoms. The molecule has 0 aliphatic carbocycles. The van der Waals surface area contributed by atoms with Crippen molar-refractivity contribution in [3.05, 3.63) is 0 Å². The minimum atomic E-state index is -0.369. The van der Waals surface area contributed by atoms with E-state index in [1.165, 1.54) is 6.92 Å². The van der Waals surface area contributed by atoms with Crippen LogP contribution in [0.2, 0.25) is 0 Å². The van der Waals surface area contributed by atoms with Crippen molar-refractivity contribution in [1.82, 2.24) is 5.32 Å². The van der Waals surface area contributed by atoms with Crippen molar-refractivity contribution >= 4 is 11.7 Å². The van der Waals surface area contributed by atoms with E-state index in [1.54, 1.807) is 0 Å². The van der Waals surface area contributed by atoms with Crippen LogP contribution in [0.5, 0.6) is 0 Å². The Labute approximate surface area is 97.7 Å². The zero-order chi connectivity index (χ0) is 12.8. The number of guanidine groups is 1. The molecule has 0 aromatic rings. The Bertz CT molecular complexity index is 255. The third kappa shape index (κ3) is 8.23. The van der Waals surface area contributed by atoms with Crippen LogP contribution in [0.1, 0.15) is 40.5 Å². The molecule has 0 saturated carbocycles. The van der Waals surface area contributed by atoms with Crippen LogP contribution in [-0.4, -0.2) is 29.9 Å². The SMILES string of the molecule is CC(=O)C(N)CCCN=C(N)NC(C)(C)C. The number of ketones is 1. The molecule has 0 fully saturated rings. The van der Waals surface area contributed by atoms with Gasteiger partial charge < -0.3 is 16.8 Å². The molecule has 0 saturated heterocycles. The summed E-state index contributed by atoms with van der Waals surface area (Å²) in [4.78, 5) is 15.0. The van der Waals surface area contributed by atoms with Crippen LogP contribution in [0.3, 0.4) is 0 Å². The maximum atomic E-state index is 10.9. The van der Waals surface area contributed by atoms with E-state index >= 15 is 0 Å². The third-order valence-corrected chi connectivity index (χ3v) is 1.98. The van der Waals surface area contributed by atoms with E-state index in [1.807, 2.05) is 20.8 Å². The molecule has 0 aromatic heterocycles. The highest BCUT2D eigenvalue weighted by Gasteiger charge is 2.10. The minimum absolute atomic E-state index is 0.0183. The molecule has 5 N–H and O–H groups in total. The fourth-order valence-electron chi connectivity index (χ4n) is 1.14. The lowest BCUT2D eigenvalue weighted by molar-refractivity contribution is -0.118. The number of nitrogens with zero attached hydrogens (tertiary/aromatic N) is 1. The standard InChI is InChI=1S/C11H24N4O/c1-8(16)9(12)6-5-7-14-10(13)15-11(2,3)4/h9H,5-7,12H2,1-4H3,(H3,13,14,15). The van der Waals surface area contributed by atoms with E-state index in [0.29, 0.717) is 18.9 Å². The molecule has 0 rings (SSSR count). The predicted molar refractivity (Wildman–Crippen MR) is 67.3 cm³/mol. The summed E-state index contributed by atoms with van der Waals surface area (Å²) in [6.07, 6.45) is 1.43. The molecule has 16 heavy (non-hydrogen) atoms. The van der Waals surface area contributed by atoms with E-state index in [-0.39, 0.29) is 17.4 Å². The number of nitrogens with one attached hydrogen (secondary N) is 1. The summed E-state index contributed by atoms with van der Waals surface area (Å²) in [5.41, 5.74) is 11.2. The molecule has 1 unspecified atom stereocenters. The average molecular weight is 228 g/mol. The van der Waals surface area contributed by atoms with Crippen LogP contribution in [0.4, 0.5) is 0 Å². The van der Waals surface area contributed by atoms with Crippen molar-refractivity contribution in [1.29, 1.82) is 0 Å². The Morgan fingerprint density at radius 1 is 1.44 bits per heavy atom. The number of aliphatic imine (C=N–C) groups is 1. The topological polar surface area (TPSA) is 93.5 Å². The summed E-state index contributed by atoms with van der Waals surface area (Å²) in [6, 6.07) is -0.369. The van der Waals surface area contributed by atoms with Gasteiger partial charge in [0.15, 0.2) is 5.96 Å². The molecule has 0 aliphatic heterocycles. The maximum absolute atomic E-state index is 10.9. The van der Waals surface area contributed by atoms with E-state index in [4.69, 9.17) is 11.5 Å². The van der Waals surface area contributed by atoms with Crippen LogP contribution in [0.15, 0.2) is 4.99 Å². The smallest absolute Gasteiger partial charge is 0.188 e. The number of Topliss-reactive ketones (excluding diaryl/α,β-unsaturated/α-hetero) is 1. The molecule has 0 aliphatic rings. The largest absolute Gasteiger partial charge is 0.370 e. The second-order valence-electron chi connectivity index (χ2n) is 5.00. The molecule has 0 radical (unpaired) electrons. The van der Waals surface area contributed by atoms with Gasteiger partial charge in [-0.15, -0.1) is 0 Å². The van der Waals surface area contributed by atoms with E-state index in [0.717, 1.165) is 6.42 Å². The summed E-state index contributed by atoms with van der Waals surface area (Å²) in [5.74, 6) is 0.452. The van der Waals surface area contributed by atoms with Crippen molar-refractivity contribution in [3.8, 4) is 0 Å². The minimum Gasteiger partial charge on any atom is -0.370 e.